The number of hydrogen-bond acceptors (Lipinski definition) is 5. The lowest BCUT2D eigenvalue weighted by atomic mass is 10.3. The third kappa shape index (κ3) is 2.25. The number of carbonyl (C=O) groups is 1. The van der Waals surface area contributed by atoms with Crippen LogP contribution in [0, 0.1) is 0 Å². The van der Waals surface area contributed by atoms with Gasteiger partial charge in [0.1, 0.15) is 12.2 Å². The van der Waals surface area contributed by atoms with Gasteiger partial charge >= 0.3 is 0 Å². The van der Waals surface area contributed by atoms with Crippen molar-refractivity contribution in [3.05, 3.63) is 24.0 Å². The molecule has 2 aromatic rings. The first kappa shape index (κ1) is 11.1. The molecule has 0 fully saturated rings. The Hall–Kier alpha value is -2.38. The first-order valence-corrected chi connectivity index (χ1v) is 5.03. The quantitative estimate of drug-likeness (QED) is 0.670. The van der Waals surface area contributed by atoms with Crippen molar-refractivity contribution in [2.45, 2.75) is 13.0 Å². The van der Waals surface area contributed by atoms with E-state index in [9.17, 15) is 4.79 Å². The minimum atomic E-state index is -0.341. The number of nitrogens with one attached hydrogen (secondary N) is 2. The second-order valence-corrected chi connectivity index (χ2v) is 3.67. The number of carbonyl (C=O) groups excluding carboxylic acids is 1. The van der Waals surface area contributed by atoms with E-state index in [1.807, 2.05) is 0 Å². The maximum absolute atomic E-state index is 11.9. The number of amides is 1. The molecule has 2 aromatic heterocycles. The van der Waals surface area contributed by atoms with Crippen molar-refractivity contribution in [1.29, 1.82) is 0 Å². The van der Waals surface area contributed by atoms with E-state index in [1.165, 1.54) is 11.0 Å². The highest BCUT2D eigenvalue weighted by Crippen LogP contribution is 2.10. The molecule has 90 valence electrons. The number of rotatable bonds is 3. The third-order valence-electron chi connectivity index (χ3n) is 2.26. The van der Waals surface area contributed by atoms with Crippen LogP contribution < -0.4 is 11.1 Å². The van der Waals surface area contributed by atoms with Gasteiger partial charge in [0.05, 0.1) is 11.7 Å². The fraction of sp³-hybridized carbons (Fsp3) is 0.333. The molecule has 4 N–H and O–H groups in total. The second kappa shape index (κ2) is 4.24. The van der Waals surface area contributed by atoms with Crippen LogP contribution >= 0.6 is 0 Å². The molecule has 8 heteroatoms. The topological polar surface area (TPSA) is 115 Å². The molecule has 0 aliphatic heterocycles. The lowest BCUT2D eigenvalue weighted by molar-refractivity contribution is 0.0933. The van der Waals surface area contributed by atoms with E-state index in [4.69, 9.17) is 5.73 Å². The van der Waals surface area contributed by atoms with Gasteiger partial charge in [0, 0.05) is 13.2 Å². The Morgan fingerprint density at radius 2 is 2.41 bits per heavy atom. The molecule has 2 heterocycles. The van der Waals surface area contributed by atoms with Crippen LogP contribution in [-0.2, 0) is 7.05 Å². The number of aromatic amines is 1. The van der Waals surface area contributed by atoms with Gasteiger partial charge in [-0.3, -0.25) is 14.6 Å². The normalized spacial score (nSPS) is 12.4. The minimum Gasteiger partial charge on any atom is -0.396 e. The van der Waals surface area contributed by atoms with E-state index in [2.05, 4.69) is 25.6 Å². The zero-order valence-electron chi connectivity index (χ0n) is 9.51. The van der Waals surface area contributed by atoms with Crippen molar-refractivity contribution in [1.82, 2.24) is 30.3 Å². The molecule has 1 amide bonds. The number of hydrogen-bond donors (Lipinski definition) is 3. The molecule has 1 unspecified atom stereocenters. The Bertz CT molecular complexity index is 515. The average Bonchev–Trinajstić information content (AvgIpc) is 2.87. The maximum atomic E-state index is 11.9. The van der Waals surface area contributed by atoms with Crippen LogP contribution in [0.3, 0.4) is 0 Å². The third-order valence-corrected chi connectivity index (χ3v) is 2.26. The van der Waals surface area contributed by atoms with Gasteiger partial charge in [-0.05, 0) is 6.92 Å². The average molecular weight is 235 g/mol. The summed E-state index contributed by atoms with van der Waals surface area (Å²) in [5, 5.41) is 13.1. The molecular formula is C9H13N7O. The van der Waals surface area contributed by atoms with Gasteiger partial charge in [-0.1, -0.05) is 0 Å². The molecule has 0 aromatic carbocycles. The van der Waals surface area contributed by atoms with Crippen molar-refractivity contribution >= 4 is 11.6 Å². The van der Waals surface area contributed by atoms with Crippen LogP contribution in [0.15, 0.2) is 12.5 Å². The van der Waals surface area contributed by atoms with Gasteiger partial charge < -0.3 is 11.1 Å². The van der Waals surface area contributed by atoms with E-state index < -0.39 is 0 Å². The van der Waals surface area contributed by atoms with Gasteiger partial charge in [-0.15, -0.1) is 0 Å². The molecule has 2 rings (SSSR count). The van der Waals surface area contributed by atoms with Crippen molar-refractivity contribution in [2.24, 2.45) is 7.05 Å². The first-order chi connectivity index (χ1) is 8.08. The molecule has 17 heavy (non-hydrogen) atoms. The fourth-order valence-corrected chi connectivity index (χ4v) is 1.44. The molecule has 0 aliphatic carbocycles. The van der Waals surface area contributed by atoms with Crippen molar-refractivity contribution < 1.29 is 4.79 Å². The van der Waals surface area contributed by atoms with E-state index >= 15 is 0 Å². The molecule has 0 saturated carbocycles. The van der Waals surface area contributed by atoms with Crippen LogP contribution in [0.2, 0.25) is 0 Å². The molecule has 0 spiro atoms. The zero-order chi connectivity index (χ0) is 12.4. The highest BCUT2D eigenvalue weighted by atomic mass is 16.2. The largest absolute Gasteiger partial charge is 0.396 e. The predicted molar refractivity (Wildman–Crippen MR) is 59.9 cm³/mol. The fourth-order valence-electron chi connectivity index (χ4n) is 1.44. The summed E-state index contributed by atoms with van der Waals surface area (Å²) in [5.74, 6) is 0.236. The number of nitrogens with zero attached hydrogens (tertiary/aromatic N) is 4. The van der Waals surface area contributed by atoms with Crippen molar-refractivity contribution in [3.63, 3.8) is 0 Å². The minimum absolute atomic E-state index is 0.207. The number of nitrogens with two attached hydrogens (primary N) is 1. The summed E-state index contributed by atoms with van der Waals surface area (Å²) in [4.78, 5) is 15.8. The Balaban J connectivity index is 2.09. The molecule has 8 nitrogen and oxygen atoms in total. The highest BCUT2D eigenvalue weighted by Gasteiger charge is 2.18. The van der Waals surface area contributed by atoms with E-state index in [-0.39, 0.29) is 17.6 Å². The smallest absolute Gasteiger partial charge is 0.274 e. The number of aromatic nitrogens is 5. The zero-order valence-corrected chi connectivity index (χ0v) is 9.51. The lowest BCUT2D eigenvalue weighted by Gasteiger charge is -2.09. The van der Waals surface area contributed by atoms with Crippen molar-refractivity contribution in [3.8, 4) is 0 Å². The Morgan fingerprint density at radius 3 is 2.94 bits per heavy atom. The summed E-state index contributed by atoms with van der Waals surface area (Å²) in [6.07, 6.45) is 2.96. The predicted octanol–water partition coefficient (Wildman–Crippen LogP) is -0.389. The van der Waals surface area contributed by atoms with Crippen LogP contribution in [0.25, 0.3) is 0 Å². The van der Waals surface area contributed by atoms with E-state index in [0.29, 0.717) is 11.5 Å². The molecular weight excluding hydrogens is 222 g/mol. The van der Waals surface area contributed by atoms with Crippen LogP contribution in [0.4, 0.5) is 5.69 Å². The number of H-pyrrole nitrogens is 1. The Labute approximate surface area is 97.2 Å². The maximum Gasteiger partial charge on any atom is 0.274 e. The van der Waals surface area contributed by atoms with Gasteiger partial charge in [0.2, 0.25) is 0 Å². The van der Waals surface area contributed by atoms with Crippen LogP contribution in [-0.4, -0.2) is 30.9 Å². The summed E-state index contributed by atoms with van der Waals surface area (Å²) in [7, 11) is 1.70. The molecule has 0 bridgehead atoms. The van der Waals surface area contributed by atoms with Crippen LogP contribution in [0.1, 0.15) is 29.3 Å². The summed E-state index contributed by atoms with van der Waals surface area (Å²) < 4.78 is 1.49. The monoisotopic (exact) mass is 235 g/mol. The summed E-state index contributed by atoms with van der Waals surface area (Å²) in [6.45, 7) is 1.79. The molecule has 1 atom stereocenters. The molecule has 0 saturated heterocycles. The van der Waals surface area contributed by atoms with Crippen molar-refractivity contribution in [2.75, 3.05) is 5.73 Å². The second-order valence-electron chi connectivity index (χ2n) is 3.67. The standard InChI is InChI=1S/C9H13N7O/c1-5(8-11-4-12-14-8)13-9(17)7-6(10)3-16(2)15-7/h3-5H,10H2,1-2H3,(H,13,17)(H,11,12,14). The Kier molecular flexibility index (Phi) is 2.77. The summed E-state index contributed by atoms with van der Waals surface area (Å²) >= 11 is 0. The van der Waals surface area contributed by atoms with Gasteiger partial charge in [-0.2, -0.15) is 10.2 Å². The number of aryl methyl sites for hydroxylation is 1. The van der Waals surface area contributed by atoms with Crippen LogP contribution in [0.5, 0.6) is 0 Å². The number of anilines is 1. The highest BCUT2D eigenvalue weighted by molar-refractivity contribution is 5.97. The summed E-state index contributed by atoms with van der Waals surface area (Å²) in [6, 6.07) is -0.286. The van der Waals surface area contributed by atoms with E-state index in [0.717, 1.165) is 0 Å². The molecule has 0 radical (unpaired) electrons. The summed E-state index contributed by atoms with van der Waals surface area (Å²) in [5.41, 5.74) is 6.21. The SMILES string of the molecule is CC(NC(=O)c1nn(C)cc1N)c1ncn[nH]1. The molecule has 0 aliphatic rings. The van der Waals surface area contributed by atoms with Gasteiger partial charge in [0.25, 0.3) is 5.91 Å². The number of nitrogen functional groups attached to an aromatic ring is 1. The lowest BCUT2D eigenvalue weighted by Crippen LogP contribution is -2.28. The Morgan fingerprint density at radius 1 is 1.65 bits per heavy atom. The van der Waals surface area contributed by atoms with Gasteiger partial charge in [-0.25, -0.2) is 4.98 Å². The van der Waals surface area contributed by atoms with Gasteiger partial charge in [0.15, 0.2) is 5.69 Å². The van der Waals surface area contributed by atoms with E-state index in [1.54, 1.807) is 20.2 Å². The first-order valence-electron chi connectivity index (χ1n) is 5.03.